The molecule has 5 heteroatoms. The van der Waals surface area contributed by atoms with Gasteiger partial charge < -0.3 is 10.4 Å². The number of rotatable bonds is 4. The number of hydrogen-bond acceptors (Lipinski definition) is 2. The second-order valence-electron chi connectivity index (χ2n) is 4.76. The standard InChI is InChI=1S/C16H14INO3/c1-16(15(20)21,12-5-3-2-4-6-12)18-14(19)11-7-9-13(17)10-8-11/h2-10H,1H3,(H,18,19)(H,20,21). The second kappa shape index (κ2) is 6.26. The highest BCUT2D eigenvalue weighted by atomic mass is 127. The first-order valence-corrected chi connectivity index (χ1v) is 7.38. The zero-order valence-electron chi connectivity index (χ0n) is 11.3. The van der Waals surface area contributed by atoms with Crippen LogP contribution in [0, 0.1) is 3.57 Å². The van der Waals surface area contributed by atoms with Gasteiger partial charge in [0.15, 0.2) is 5.54 Å². The molecule has 21 heavy (non-hydrogen) atoms. The van der Waals surface area contributed by atoms with E-state index in [1.54, 1.807) is 54.6 Å². The fourth-order valence-electron chi connectivity index (χ4n) is 1.92. The number of aliphatic carboxylic acids is 1. The number of carboxylic acid groups (broad SMARTS) is 1. The summed E-state index contributed by atoms with van der Waals surface area (Å²) in [6.07, 6.45) is 0. The summed E-state index contributed by atoms with van der Waals surface area (Å²) in [6.45, 7) is 1.48. The van der Waals surface area contributed by atoms with Crippen LogP contribution < -0.4 is 5.32 Å². The minimum Gasteiger partial charge on any atom is -0.479 e. The Hall–Kier alpha value is -1.89. The lowest BCUT2D eigenvalue weighted by Gasteiger charge is -2.26. The first-order valence-electron chi connectivity index (χ1n) is 6.30. The van der Waals surface area contributed by atoms with Gasteiger partial charge in [-0.1, -0.05) is 30.3 Å². The van der Waals surface area contributed by atoms with Crippen LogP contribution in [0.1, 0.15) is 22.8 Å². The highest BCUT2D eigenvalue weighted by Gasteiger charge is 2.36. The molecule has 1 atom stereocenters. The van der Waals surface area contributed by atoms with E-state index < -0.39 is 17.4 Å². The number of carbonyl (C=O) groups excluding carboxylic acids is 1. The van der Waals surface area contributed by atoms with Gasteiger partial charge in [-0.3, -0.25) is 4.79 Å². The maximum Gasteiger partial charge on any atom is 0.333 e. The number of carbonyl (C=O) groups is 2. The first kappa shape index (κ1) is 15.5. The van der Waals surface area contributed by atoms with E-state index in [9.17, 15) is 14.7 Å². The summed E-state index contributed by atoms with van der Waals surface area (Å²) < 4.78 is 1.01. The SMILES string of the molecule is CC(NC(=O)c1ccc(I)cc1)(C(=O)O)c1ccccc1. The Morgan fingerprint density at radius 1 is 1.05 bits per heavy atom. The largest absolute Gasteiger partial charge is 0.479 e. The number of carboxylic acids is 1. The van der Waals surface area contributed by atoms with Crippen molar-refractivity contribution in [3.8, 4) is 0 Å². The molecule has 0 aliphatic carbocycles. The number of hydrogen-bond donors (Lipinski definition) is 2. The highest BCUT2D eigenvalue weighted by Crippen LogP contribution is 2.21. The Morgan fingerprint density at radius 2 is 1.62 bits per heavy atom. The molecule has 0 fully saturated rings. The molecule has 0 heterocycles. The third-order valence-corrected chi connectivity index (χ3v) is 3.97. The van der Waals surface area contributed by atoms with Gasteiger partial charge in [-0.2, -0.15) is 0 Å². The zero-order chi connectivity index (χ0) is 15.5. The van der Waals surface area contributed by atoms with Gasteiger partial charge in [0.25, 0.3) is 5.91 Å². The van der Waals surface area contributed by atoms with Gasteiger partial charge in [0.2, 0.25) is 0 Å². The normalized spacial score (nSPS) is 13.2. The van der Waals surface area contributed by atoms with E-state index in [0.717, 1.165) is 3.57 Å². The molecule has 4 nitrogen and oxygen atoms in total. The van der Waals surface area contributed by atoms with Gasteiger partial charge in [-0.05, 0) is 59.3 Å². The molecule has 0 aliphatic rings. The van der Waals surface area contributed by atoms with Crippen LogP contribution in [-0.4, -0.2) is 17.0 Å². The summed E-state index contributed by atoms with van der Waals surface area (Å²) >= 11 is 2.14. The monoisotopic (exact) mass is 395 g/mol. The van der Waals surface area contributed by atoms with Crippen molar-refractivity contribution in [2.24, 2.45) is 0 Å². The van der Waals surface area contributed by atoms with Crippen LogP contribution in [0.2, 0.25) is 0 Å². The molecule has 0 aromatic heterocycles. The number of nitrogens with one attached hydrogen (secondary N) is 1. The second-order valence-corrected chi connectivity index (χ2v) is 6.00. The predicted molar refractivity (Wildman–Crippen MR) is 88.1 cm³/mol. The summed E-state index contributed by atoms with van der Waals surface area (Å²) in [5.41, 5.74) is -0.517. The van der Waals surface area contributed by atoms with Gasteiger partial charge >= 0.3 is 5.97 Å². The summed E-state index contributed by atoms with van der Waals surface area (Å²) in [5, 5.41) is 12.1. The van der Waals surface area contributed by atoms with Gasteiger partial charge in [0, 0.05) is 9.13 Å². The smallest absolute Gasteiger partial charge is 0.333 e. The predicted octanol–water partition coefficient (Wildman–Crippen LogP) is 3.02. The molecule has 2 rings (SSSR count). The molecule has 108 valence electrons. The minimum absolute atomic E-state index is 0.417. The van der Waals surface area contributed by atoms with Crippen molar-refractivity contribution in [2.45, 2.75) is 12.5 Å². The average molecular weight is 395 g/mol. The van der Waals surface area contributed by atoms with Crippen molar-refractivity contribution in [3.05, 3.63) is 69.3 Å². The number of benzene rings is 2. The molecular formula is C16H14INO3. The summed E-state index contributed by atoms with van der Waals surface area (Å²) in [4.78, 5) is 23.9. The molecule has 2 aromatic carbocycles. The fraction of sp³-hybridized carbons (Fsp3) is 0.125. The summed E-state index contributed by atoms with van der Waals surface area (Å²) in [7, 11) is 0. The van der Waals surface area contributed by atoms with E-state index in [-0.39, 0.29) is 0 Å². The van der Waals surface area contributed by atoms with E-state index in [0.29, 0.717) is 11.1 Å². The number of halogens is 1. The van der Waals surface area contributed by atoms with E-state index in [1.165, 1.54) is 6.92 Å². The van der Waals surface area contributed by atoms with Crippen molar-refractivity contribution in [2.75, 3.05) is 0 Å². The molecule has 0 aliphatic heterocycles. The number of amides is 1. The lowest BCUT2D eigenvalue weighted by Crippen LogP contribution is -2.49. The molecule has 2 N–H and O–H groups in total. The molecule has 0 radical (unpaired) electrons. The van der Waals surface area contributed by atoms with Gasteiger partial charge in [-0.25, -0.2) is 4.79 Å². The lowest BCUT2D eigenvalue weighted by molar-refractivity contribution is -0.144. The molecule has 0 bridgehead atoms. The van der Waals surface area contributed by atoms with Crippen LogP contribution >= 0.6 is 22.6 Å². The third-order valence-electron chi connectivity index (χ3n) is 3.25. The van der Waals surface area contributed by atoms with Gasteiger partial charge in [0.05, 0.1) is 0 Å². The van der Waals surface area contributed by atoms with Gasteiger partial charge in [-0.15, -0.1) is 0 Å². The summed E-state index contributed by atoms with van der Waals surface area (Å²) in [6, 6.07) is 15.6. The van der Waals surface area contributed by atoms with Crippen LogP contribution in [0.4, 0.5) is 0 Å². The molecule has 0 saturated heterocycles. The molecule has 0 saturated carbocycles. The lowest BCUT2D eigenvalue weighted by atomic mass is 9.91. The zero-order valence-corrected chi connectivity index (χ0v) is 13.5. The Labute approximate surface area is 136 Å². The minimum atomic E-state index is -1.47. The fourth-order valence-corrected chi connectivity index (χ4v) is 2.28. The Morgan fingerprint density at radius 3 is 2.14 bits per heavy atom. The van der Waals surface area contributed by atoms with Crippen LogP contribution in [0.3, 0.4) is 0 Å². The van der Waals surface area contributed by atoms with E-state index >= 15 is 0 Å². The van der Waals surface area contributed by atoms with Crippen molar-refractivity contribution in [1.82, 2.24) is 5.32 Å². The maximum absolute atomic E-state index is 12.3. The molecular weight excluding hydrogens is 381 g/mol. The van der Waals surface area contributed by atoms with Crippen LogP contribution in [-0.2, 0) is 10.3 Å². The van der Waals surface area contributed by atoms with E-state index in [4.69, 9.17) is 0 Å². The highest BCUT2D eigenvalue weighted by molar-refractivity contribution is 14.1. The Balaban J connectivity index is 2.31. The molecule has 0 spiro atoms. The third kappa shape index (κ3) is 3.41. The van der Waals surface area contributed by atoms with Crippen molar-refractivity contribution in [3.63, 3.8) is 0 Å². The Kier molecular flexibility index (Phi) is 4.62. The summed E-state index contributed by atoms with van der Waals surface area (Å²) in [5.74, 6) is -1.52. The molecule has 2 aromatic rings. The molecule has 1 amide bonds. The first-order chi connectivity index (χ1) is 9.93. The van der Waals surface area contributed by atoms with Crippen LogP contribution in [0.15, 0.2) is 54.6 Å². The van der Waals surface area contributed by atoms with E-state index in [2.05, 4.69) is 27.9 Å². The van der Waals surface area contributed by atoms with Crippen LogP contribution in [0.5, 0.6) is 0 Å². The van der Waals surface area contributed by atoms with Gasteiger partial charge in [0.1, 0.15) is 0 Å². The average Bonchev–Trinajstić information content (AvgIpc) is 2.48. The quantitative estimate of drug-likeness (QED) is 0.783. The van der Waals surface area contributed by atoms with E-state index in [1.807, 2.05) is 0 Å². The van der Waals surface area contributed by atoms with Crippen LogP contribution in [0.25, 0.3) is 0 Å². The Bertz CT molecular complexity index is 655. The van der Waals surface area contributed by atoms with Crippen molar-refractivity contribution in [1.29, 1.82) is 0 Å². The van der Waals surface area contributed by atoms with Crippen molar-refractivity contribution < 1.29 is 14.7 Å². The van der Waals surface area contributed by atoms with Crippen molar-refractivity contribution >= 4 is 34.5 Å². The topological polar surface area (TPSA) is 66.4 Å². The maximum atomic E-state index is 12.3. The molecule has 1 unspecified atom stereocenters.